The van der Waals surface area contributed by atoms with Crippen LogP contribution in [-0.2, 0) is 9.53 Å². The smallest absolute Gasteiger partial charge is 0.335 e. The van der Waals surface area contributed by atoms with Crippen molar-refractivity contribution in [3.63, 3.8) is 0 Å². The zero-order chi connectivity index (χ0) is 14.4. The molecule has 0 radical (unpaired) electrons. The van der Waals surface area contributed by atoms with Crippen molar-refractivity contribution >= 4 is 29.2 Å². The van der Waals surface area contributed by atoms with E-state index in [1.54, 1.807) is 0 Å². The number of hydrogen-bond donors (Lipinski definition) is 3. The molecule has 1 rings (SSSR count). The Morgan fingerprint density at radius 1 is 1.47 bits per heavy atom. The number of anilines is 1. The van der Waals surface area contributed by atoms with Crippen molar-refractivity contribution < 1.29 is 19.4 Å². The van der Waals surface area contributed by atoms with Gasteiger partial charge < -0.3 is 20.9 Å². The summed E-state index contributed by atoms with van der Waals surface area (Å²) in [5.41, 5.74) is 5.73. The van der Waals surface area contributed by atoms with Gasteiger partial charge in [-0.05, 0) is 18.2 Å². The zero-order valence-corrected chi connectivity index (χ0v) is 11.1. The van der Waals surface area contributed by atoms with Gasteiger partial charge in [0.2, 0.25) is 5.91 Å². The number of carbonyl (C=O) groups is 2. The number of halogens is 1. The number of aromatic carboxylic acids is 1. The number of nitrogens with two attached hydrogens (primary N) is 1. The lowest BCUT2D eigenvalue weighted by molar-refractivity contribution is -0.118. The molecular formula is C12H15ClN2O4. The van der Waals surface area contributed by atoms with Gasteiger partial charge in [-0.1, -0.05) is 11.6 Å². The van der Waals surface area contributed by atoms with Crippen LogP contribution in [0.3, 0.4) is 0 Å². The molecule has 1 amide bonds. The number of nitrogens with one attached hydrogen (secondary N) is 1. The van der Waals surface area contributed by atoms with Crippen molar-refractivity contribution in [2.75, 3.05) is 19.0 Å². The van der Waals surface area contributed by atoms with Crippen molar-refractivity contribution in [1.82, 2.24) is 0 Å². The molecule has 0 fully saturated rings. The highest BCUT2D eigenvalue weighted by Crippen LogP contribution is 2.19. The number of benzene rings is 1. The third kappa shape index (κ3) is 4.86. The Morgan fingerprint density at radius 2 is 2.16 bits per heavy atom. The fraction of sp³-hybridized carbons (Fsp3) is 0.333. The summed E-state index contributed by atoms with van der Waals surface area (Å²) in [6.45, 7) is 0.222. The van der Waals surface area contributed by atoms with Crippen LogP contribution in [0.5, 0.6) is 0 Å². The molecule has 0 spiro atoms. The second-order valence-corrected chi connectivity index (χ2v) is 4.32. The Labute approximate surface area is 115 Å². The van der Waals surface area contributed by atoms with E-state index < -0.39 is 5.97 Å². The molecule has 6 nitrogen and oxygen atoms in total. The summed E-state index contributed by atoms with van der Waals surface area (Å²) in [7, 11) is 1.47. The highest BCUT2D eigenvalue weighted by molar-refractivity contribution is 6.31. The number of carbonyl (C=O) groups excluding carboxylic acids is 1. The summed E-state index contributed by atoms with van der Waals surface area (Å²) in [6, 6.07) is 4.10. The molecule has 1 aromatic carbocycles. The van der Waals surface area contributed by atoms with Gasteiger partial charge in [0.05, 0.1) is 18.1 Å². The van der Waals surface area contributed by atoms with Gasteiger partial charge in [0, 0.05) is 24.4 Å². The highest BCUT2D eigenvalue weighted by Gasteiger charge is 2.13. The average Bonchev–Trinajstić information content (AvgIpc) is 2.35. The van der Waals surface area contributed by atoms with Crippen molar-refractivity contribution in [2.45, 2.75) is 12.5 Å². The van der Waals surface area contributed by atoms with E-state index in [0.29, 0.717) is 5.69 Å². The van der Waals surface area contributed by atoms with Gasteiger partial charge in [0.15, 0.2) is 0 Å². The maximum absolute atomic E-state index is 11.7. The van der Waals surface area contributed by atoms with Crippen molar-refractivity contribution in [3.05, 3.63) is 28.8 Å². The van der Waals surface area contributed by atoms with E-state index in [0.717, 1.165) is 0 Å². The normalized spacial score (nSPS) is 11.9. The highest BCUT2D eigenvalue weighted by atomic mass is 35.5. The Bertz CT molecular complexity index is 475. The van der Waals surface area contributed by atoms with Gasteiger partial charge in [-0.3, -0.25) is 4.79 Å². The first-order valence-corrected chi connectivity index (χ1v) is 5.90. The Balaban J connectivity index is 2.76. The van der Waals surface area contributed by atoms with Crippen LogP contribution >= 0.6 is 11.6 Å². The van der Waals surface area contributed by atoms with Crippen LogP contribution in [-0.4, -0.2) is 36.7 Å². The Kier molecular flexibility index (Phi) is 5.75. The molecule has 7 heteroatoms. The third-order valence-electron chi connectivity index (χ3n) is 2.44. The lowest BCUT2D eigenvalue weighted by atomic mass is 10.2. The van der Waals surface area contributed by atoms with Crippen molar-refractivity contribution in [1.29, 1.82) is 0 Å². The number of carboxylic acids is 1. The molecule has 104 valence electrons. The van der Waals surface area contributed by atoms with Crippen molar-refractivity contribution in [3.8, 4) is 0 Å². The van der Waals surface area contributed by atoms with E-state index in [-0.39, 0.29) is 35.6 Å². The van der Waals surface area contributed by atoms with Gasteiger partial charge in [-0.25, -0.2) is 4.79 Å². The molecule has 0 heterocycles. The fourth-order valence-electron chi connectivity index (χ4n) is 1.47. The van der Waals surface area contributed by atoms with Crippen LogP contribution in [0, 0.1) is 0 Å². The molecule has 0 aromatic heterocycles. The summed E-state index contributed by atoms with van der Waals surface area (Å²) < 4.78 is 4.99. The van der Waals surface area contributed by atoms with Crippen molar-refractivity contribution in [2.24, 2.45) is 5.73 Å². The minimum atomic E-state index is -1.12. The topological polar surface area (TPSA) is 102 Å². The van der Waals surface area contributed by atoms with Crippen LogP contribution < -0.4 is 11.1 Å². The monoisotopic (exact) mass is 286 g/mol. The predicted molar refractivity (Wildman–Crippen MR) is 71.5 cm³/mol. The third-order valence-corrected chi connectivity index (χ3v) is 2.66. The molecule has 0 bridgehead atoms. The van der Waals surface area contributed by atoms with Gasteiger partial charge in [-0.15, -0.1) is 0 Å². The van der Waals surface area contributed by atoms with E-state index in [1.807, 2.05) is 0 Å². The molecule has 1 unspecified atom stereocenters. The van der Waals surface area contributed by atoms with Gasteiger partial charge in [0.25, 0.3) is 0 Å². The molecule has 19 heavy (non-hydrogen) atoms. The van der Waals surface area contributed by atoms with Crippen LogP contribution in [0.15, 0.2) is 18.2 Å². The Morgan fingerprint density at radius 3 is 2.68 bits per heavy atom. The number of methoxy groups -OCH3 is 1. The summed E-state index contributed by atoms with van der Waals surface area (Å²) in [5.74, 6) is -1.44. The van der Waals surface area contributed by atoms with E-state index in [2.05, 4.69) is 5.32 Å². The first kappa shape index (κ1) is 15.4. The van der Waals surface area contributed by atoms with Crippen LogP contribution in [0.4, 0.5) is 5.69 Å². The maximum Gasteiger partial charge on any atom is 0.335 e. The minimum absolute atomic E-state index is 0.00455. The summed E-state index contributed by atoms with van der Waals surface area (Å²) in [4.78, 5) is 22.5. The molecular weight excluding hydrogens is 272 g/mol. The maximum atomic E-state index is 11.7. The summed E-state index contributed by atoms with van der Waals surface area (Å²) >= 11 is 5.78. The number of ether oxygens (including phenoxy) is 1. The van der Waals surface area contributed by atoms with E-state index in [9.17, 15) is 9.59 Å². The molecule has 0 saturated heterocycles. The molecule has 0 aliphatic heterocycles. The first-order chi connectivity index (χ1) is 8.96. The van der Waals surface area contributed by atoms with Gasteiger partial charge >= 0.3 is 5.97 Å². The molecule has 0 saturated carbocycles. The molecule has 1 aromatic rings. The number of rotatable bonds is 6. The average molecular weight is 287 g/mol. The molecule has 1 atom stereocenters. The van der Waals surface area contributed by atoms with E-state index in [4.69, 9.17) is 27.2 Å². The van der Waals surface area contributed by atoms with Gasteiger partial charge in [-0.2, -0.15) is 0 Å². The lowest BCUT2D eigenvalue weighted by Crippen LogP contribution is -2.28. The second kappa shape index (κ2) is 7.08. The molecule has 0 aliphatic rings. The predicted octanol–water partition coefficient (Wildman–Crippen LogP) is 1.34. The van der Waals surface area contributed by atoms with E-state index >= 15 is 0 Å². The van der Waals surface area contributed by atoms with Crippen LogP contribution in [0.2, 0.25) is 5.02 Å². The van der Waals surface area contributed by atoms with Gasteiger partial charge in [0.1, 0.15) is 0 Å². The minimum Gasteiger partial charge on any atom is -0.478 e. The standard InChI is InChI=1S/C12H15ClN2O4/c1-19-10(6-14)5-11(16)15-9-3-7(12(17)18)2-8(13)4-9/h2-4,10H,5-6,14H2,1H3,(H,15,16)(H,17,18). The SMILES string of the molecule is COC(CN)CC(=O)Nc1cc(Cl)cc(C(=O)O)c1. The lowest BCUT2D eigenvalue weighted by Gasteiger charge is -2.13. The fourth-order valence-corrected chi connectivity index (χ4v) is 1.70. The van der Waals surface area contributed by atoms with Crippen LogP contribution in [0.1, 0.15) is 16.8 Å². The Hall–Kier alpha value is -1.63. The first-order valence-electron chi connectivity index (χ1n) is 5.53. The second-order valence-electron chi connectivity index (χ2n) is 3.88. The summed E-state index contributed by atoms with van der Waals surface area (Å²) in [5, 5.41) is 11.7. The molecule has 4 N–H and O–H groups in total. The molecule has 0 aliphatic carbocycles. The number of amides is 1. The largest absolute Gasteiger partial charge is 0.478 e. The van der Waals surface area contributed by atoms with E-state index in [1.165, 1.54) is 25.3 Å². The van der Waals surface area contributed by atoms with Crippen LogP contribution in [0.25, 0.3) is 0 Å². The summed E-state index contributed by atoms with van der Waals surface area (Å²) in [6.07, 6.45) is -0.291. The quantitative estimate of drug-likeness (QED) is 0.732. The number of carboxylic acid groups (broad SMARTS) is 1. The number of hydrogen-bond acceptors (Lipinski definition) is 4. The zero-order valence-electron chi connectivity index (χ0n) is 10.4.